The van der Waals surface area contributed by atoms with Gasteiger partial charge in [-0.15, -0.1) is 11.3 Å². The number of amides is 1. The quantitative estimate of drug-likeness (QED) is 0.624. The lowest BCUT2D eigenvalue weighted by Crippen LogP contribution is -2.41. The van der Waals surface area contributed by atoms with Gasteiger partial charge in [-0.3, -0.25) is 4.79 Å². The lowest BCUT2D eigenvalue weighted by molar-refractivity contribution is -0.139. The van der Waals surface area contributed by atoms with Crippen LogP contribution in [0.1, 0.15) is 12.5 Å². The topological polar surface area (TPSA) is 122 Å². The Balaban J connectivity index is 2.01. The van der Waals surface area contributed by atoms with Crippen molar-refractivity contribution in [1.82, 2.24) is 4.72 Å². The van der Waals surface area contributed by atoms with Crippen LogP contribution in [0.4, 0.5) is 5.69 Å². The second-order valence-corrected chi connectivity index (χ2v) is 8.31. The number of anilines is 1. The van der Waals surface area contributed by atoms with Gasteiger partial charge in [-0.1, -0.05) is 6.07 Å². The molecule has 26 heavy (non-hydrogen) atoms. The van der Waals surface area contributed by atoms with Crippen molar-refractivity contribution in [2.24, 2.45) is 0 Å². The number of hydrogen-bond donors (Lipinski definition) is 3. The van der Waals surface area contributed by atoms with Gasteiger partial charge in [0.25, 0.3) is 10.0 Å². The molecule has 1 heterocycles. The summed E-state index contributed by atoms with van der Waals surface area (Å²) >= 11 is 1.06. The van der Waals surface area contributed by atoms with Crippen LogP contribution in [0.5, 0.6) is 5.75 Å². The molecule has 1 unspecified atom stereocenters. The summed E-state index contributed by atoms with van der Waals surface area (Å²) in [7, 11) is -3.75. The molecule has 1 aromatic carbocycles. The minimum atomic E-state index is -3.75. The molecule has 0 radical (unpaired) electrons. The lowest BCUT2D eigenvalue weighted by Gasteiger charge is -2.15. The van der Waals surface area contributed by atoms with Crippen LogP contribution in [0.3, 0.4) is 0 Å². The second-order valence-electron chi connectivity index (χ2n) is 5.42. The van der Waals surface area contributed by atoms with Gasteiger partial charge in [0, 0.05) is 5.69 Å². The van der Waals surface area contributed by atoms with Crippen LogP contribution in [-0.2, 0) is 19.6 Å². The molecule has 0 saturated carbocycles. The number of ether oxygens (including phenoxy) is 1. The third-order valence-corrected chi connectivity index (χ3v) is 6.24. The van der Waals surface area contributed by atoms with E-state index in [4.69, 9.17) is 9.84 Å². The van der Waals surface area contributed by atoms with Crippen LogP contribution in [0, 0.1) is 6.92 Å². The number of hydrogen-bond acceptors (Lipinski definition) is 6. The normalized spacial score (nSPS) is 12.4. The molecule has 0 spiro atoms. The minimum Gasteiger partial charge on any atom is -0.482 e. The molecule has 0 aliphatic heterocycles. The maximum atomic E-state index is 12.3. The molecule has 1 atom stereocenters. The zero-order valence-corrected chi connectivity index (χ0v) is 15.7. The molecule has 1 aromatic heterocycles. The molecule has 0 aliphatic carbocycles. The van der Waals surface area contributed by atoms with Crippen molar-refractivity contribution in [3.63, 3.8) is 0 Å². The Kier molecular flexibility index (Phi) is 6.35. The first kappa shape index (κ1) is 19.9. The molecular weight excluding hydrogens is 380 g/mol. The van der Waals surface area contributed by atoms with Gasteiger partial charge in [0.15, 0.2) is 6.61 Å². The number of nitrogens with one attached hydrogen (secondary N) is 2. The molecule has 2 rings (SSSR count). The molecule has 3 N–H and O–H groups in total. The van der Waals surface area contributed by atoms with Gasteiger partial charge >= 0.3 is 5.97 Å². The Labute approximate surface area is 154 Å². The Morgan fingerprint density at radius 2 is 2.04 bits per heavy atom. The summed E-state index contributed by atoms with van der Waals surface area (Å²) < 4.78 is 31.8. The first-order chi connectivity index (χ1) is 12.2. The maximum Gasteiger partial charge on any atom is 0.341 e. The fourth-order valence-electron chi connectivity index (χ4n) is 2.01. The van der Waals surface area contributed by atoms with Crippen molar-refractivity contribution < 1.29 is 27.9 Å². The highest BCUT2D eigenvalue weighted by molar-refractivity contribution is 7.91. The zero-order valence-electron chi connectivity index (χ0n) is 14.1. The van der Waals surface area contributed by atoms with E-state index in [1.165, 1.54) is 19.1 Å². The first-order valence-electron chi connectivity index (χ1n) is 7.51. The van der Waals surface area contributed by atoms with Crippen molar-refractivity contribution >= 4 is 38.9 Å². The van der Waals surface area contributed by atoms with Gasteiger partial charge in [-0.25, -0.2) is 13.2 Å². The molecule has 0 bridgehead atoms. The Morgan fingerprint density at radius 1 is 1.31 bits per heavy atom. The predicted octanol–water partition coefficient (Wildman–Crippen LogP) is 1.83. The number of carboxylic acid groups (broad SMARTS) is 1. The Morgan fingerprint density at radius 3 is 2.62 bits per heavy atom. The monoisotopic (exact) mass is 398 g/mol. The molecule has 10 heteroatoms. The number of benzene rings is 1. The average Bonchev–Trinajstić information content (AvgIpc) is 3.10. The fraction of sp³-hybridized carbons (Fsp3) is 0.250. The van der Waals surface area contributed by atoms with E-state index in [2.05, 4.69) is 10.0 Å². The zero-order chi connectivity index (χ0) is 19.3. The van der Waals surface area contributed by atoms with E-state index in [1.807, 2.05) is 0 Å². The largest absolute Gasteiger partial charge is 0.482 e. The minimum absolute atomic E-state index is 0.133. The molecule has 1 amide bonds. The molecule has 0 fully saturated rings. The smallest absolute Gasteiger partial charge is 0.341 e. The van der Waals surface area contributed by atoms with Crippen LogP contribution in [0.15, 0.2) is 39.9 Å². The average molecular weight is 398 g/mol. The van der Waals surface area contributed by atoms with Crippen molar-refractivity contribution in [2.75, 3.05) is 11.9 Å². The number of carboxylic acids is 1. The molecule has 8 nitrogen and oxygen atoms in total. The summed E-state index contributed by atoms with van der Waals surface area (Å²) in [6, 6.07) is 6.75. The van der Waals surface area contributed by atoms with Crippen molar-refractivity contribution in [1.29, 1.82) is 0 Å². The predicted molar refractivity (Wildman–Crippen MR) is 97.0 cm³/mol. The second kappa shape index (κ2) is 8.30. The highest BCUT2D eigenvalue weighted by atomic mass is 32.2. The molecule has 0 aliphatic rings. The SMILES string of the molecule is Cc1cc(OCC(=O)O)ccc1NC(=O)C(C)NS(=O)(=O)c1cccs1. The summed E-state index contributed by atoms with van der Waals surface area (Å²) in [6.45, 7) is 2.69. The Hall–Kier alpha value is -2.43. The van der Waals surface area contributed by atoms with Gasteiger partial charge in [0.05, 0.1) is 6.04 Å². The summed E-state index contributed by atoms with van der Waals surface area (Å²) in [4.78, 5) is 22.8. The number of sulfonamides is 1. The third kappa shape index (κ3) is 5.28. The van der Waals surface area contributed by atoms with Crippen molar-refractivity contribution in [3.8, 4) is 5.75 Å². The van der Waals surface area contributed by atoms with E-state index in [0.717, 1.165) is 11.3 Å². The van der Waals surface area contributed by atoms with E-state index in [0.29, 0.717) is 17.0 Å². The highest BCUT2D eigenvalue weighted by Gasteiger charge is 2.23. The first-order valence-corrected chi connectivity index (χ1v) is 9.87. The molecule has 2 aromatic rings. The van der Waals surface area contributed by atoms with Gasteiger partial charge in [-0.2, -0.15) is 4.72 Å². The maximum absolute atomic E-state index is 12.3. The number of carbonyl (C=O) groups excluding carboxylic acids is 1. The number of carbonyl (C=O) groups is 2. The number of rotatable bonds is 8. The standard InChI is InChI=1S/C16H18N2O6S2/c1-10-8-12(24-9-14(19)20)5-6-13(10)17-16(21)11(2)18-26(22,23)15-4-3-7-25-15/h3-8,11,18H,9H2,1-2H3,(H,17,21)(H,19,20). The lowest BCUT2D eigenvalue weighted by atomic mass is 10.2. The van der Waals surface area contributed by atoms with Crippen LogP contribution >= 0.6 is 11.3 Å². The van der Waals surface area contributed by atoms with E-state index < -0.39 is 34.5 Å². The van der Waals surface area contributed by atoms with Crippen LogP contribution < -0.4 is 14.8 Å². The van der Waals surface area contributed by atoms with E-state index in [1.54, 1.807) is 30.5 Å². The van der Waals surface area contributed by atoms with Crippen molar-refractivity contribution in [3.05, 3.63) is 41.3 Å². The van der Waals surface area contributed by atoms with Crippen LogP contribution in [0.2, 0.25) is 0 Å². The van der Waals surface area contributed by atoms with Crippen LogP contribution in [0.25, 0.3) is 0 Å². The van der Waals surface area contributed by atoms with Crippen molar-refractivity contribution in [2.45, 2.75) is 24.1 Å². The highest BCUT2D eigenvalue weighted by Crippen LogP contribution is 2.22. The van der Waals surface area contributed by atoms with Gasteiger partial charge in [-0.05, 0) is 49.1 Å². The fourth-order valence-corrected chi connectivity index (χ4v) is 4.23. The summed E-state index contributed by atoms with van der Waals surface area (Å²) in [5, 5.41) is 12.9. The Bertz CT molecular complexity index is 893. The third-order valence-electron chi connectivity index (χ3n) is 3.30. The number of aliphatic carboxylic acids is 1. The number of aryl methyl sites for hydroxylation is 1. The van der Waals surface area contributed by atoms with E-state index in [9.17, 15) is 18.0 Å². The van der Waals surface area contributed by atoms with E-state index in [-0.39, 0.29) is 4.21 Å². The molecular formula is C16H18N2O6S2. The van der Waals surface area contributed by atoms with Gasteiger partial charge in [0.1, 0.15) is 9.96 Å². The van der Waals surface area contributed by atoms with Gasteiger partial charge in [0.2, 0.25) is 5.91 Å². The van der Waals surface area contributed by atoms with Gasteiger partial charge < -0.3 is 15.2 Å². The molecule has 0 saturated heterocycles. The number of thiophene rings is 1. The summed E-state index contributed by atoms with van der Waals surface area (Å²) in [5.41, 5.74) is 1.12. The van der Waals surface area contributed by atoms with Crippen LogP contribution in [-0.4, -0.2) is 38.0 Å². The molecule has 140 valence electrons. The van der Waals surface area contributed by atoms with E-state index >= 15 is 0 Å². The summed E-state index contributed by atoms with van der Waals surface area (Å²) in [6.07, 6.45) is 0. The summed E-state index contributed by atoms with van der Waals surface area (Å²) in [5.74, 6) is -1.26.